The molecule has 2 N–H and O–H groups in total. The van der Waals surface area contributed by atoms with E-state index in [0.717, 1.165) is 0 Å². The number of carbonyl (C=O) groups is 2. The van der Waals surface area contributed by atoms with Crippen molar-refractivity contribution in [1.82, 2.24) is 9.78 Å². The van der Waals surface area contributed by atoms with Crippen LogP contribution in [0.25, 0.3) is 5.69 Å². The summed E-state index contributed by atoms with van der Waals surface area (Å²) in [5, 5.41) is 20.5. The van der Waals surface area contributed by atoms with Gasteiger partial charge in [-0.05, 0) is 36.8 Å². The standard InChI is InChI=1S/C20H16FN5O4/c1-11-8-18(25(24-11)13-3-5-14(6-4-13)26(29)30)23-20(28)16-10-19(27)22-17-9-12(21)2-7-15(16)17/h2-9,16H,10H2,1H3,(H,22,27)(H,23,28). The molecule has 1 aromatic heterocycles. The minimum absolute atomic E-state index is 0.0646. The predicted molar refractivity (Wildman–Crippen MR) is 106 cm³/mol. The molecule has 1 aliphatic heterocycles. The average Bonchev–Trinajstić information content (AvgIpc) is 3.07. The molecule has 3 aromatic rings. The number of hydrogen-bond donors (Lipinski definition) is 2. The number of hydrogen-bond acceptors (Lipinski definition) is 5. The van der Waals surface area contributed by atoms with E-state index in [1.807, 2.05) is 0 Å². The van der Waals surface area contributed by atoms with Crippen molar-refractivity contribution >= 4 is 29.0 Å². The Morgan fingerprint density at radius 2 is 2.00 bits per heavy atom. The van der Waals surface area contributed by atoms with Crippen molar-refractivity contribution in [2.24, 2.45) is 0 Å². The Kier molecular flexibility index (Phi) is 4.74. The number of fused-ring (bicyclic) bond motifs is 1. The highest BCUT2D eigenvalue weighted by Gasteiger charge is 2.31. The van der Waals surface area contributed by atoms with Crippen LogP contribution < -0.4 is 10.6 Å². The van der Waals surface area contributed by atoms with Crippen molar-refractivity contribution in [3.8, 4) is 5.69 Å². The average molecular weight is 409 g/mol. The number of rotatable bonds is 4. The molecule has 152 valence electrons. The third-order valence-electron chi connectivity index (χ3n) is 4.76. The summed E-state index contributed by atoms with van der Waals surface area (Å²) in [5.41, 5.74) is 1.86. The Morgan fingerprint density at radius 1 is 1.27 bits per heavy atom. The summed E-state index contributed by atoms with van der Waals surface area (Å²) in [4.78, 5) is 35.3. The number of amides is 2. The van der Waals surface area contributed by atoms with Crippen LogP contribution in [0, 0.1) is 22.9 Å². The first-order chi connectivity index (χ1) is 14.3. The second kappa shape index (κ2) is 7.39. The van der Waals surface area contributed by atoms with Gasteiger partial charge in [-0.25, -0.2) is 9.07 Å². The Hall–Kier alpha value is -4.08. The van der Waals surface area contributed by atoms with Gasteiger partial charge in [0.2, 0.25) is 11.8 Å². The van der Waals surface area contributed by atoms with Crippen molar-refractivity contribution in [3.63, 3.8) is 0 Å². The van der Waals surface area contributed by atoms with E-state index in [9.17, 15) is 24.1 Å². The number of halogens is 1. The molecule has 0 fully saturated rings. The molecule has 0 bridgehead atoms. The first-order valence-corrected chi connectivity index (χ1v) is 9.03. The molecule has 1 unspecified atom stereocenters. The van der Waals surface area contributed by atoms with Crippen LogP contribution >= 0.6 is 0 Å². The maximum atomic E-state index is 13.5. The van der Waals surface area contributed by atoms with E-state index in [1.54, 1.807) is 13.0 Å². The molecule has 2 aromatic carbocycles. The maximum Gasteiger partial charge on any atom is 0.269 e. The van der Waals surface area contributed by atoms with Crippen LogP contribution in [0.5, 0.6) is 0 Å². The van der Waals surface area contributed by atoms with Gasteiger partial charge in [-0.2, -0.15) is 5.10 Å². The number of aromatic nitrogens is 2. The van der Waals surface area contributed by atoms with E-state index in [2.05, 4.69) is 15.7 Å². The Balaban J connectivity index is 1.63. The zero-order chi connectivity index (χ0) is 21.4. The van der Waals surface area contributed by atoms with Crippen LogP contribution in [0.2, 0.25) is 0 Å². The van der Waals surface area contributed by atoms with E-state index in [1.165, 1.54) is 47.1 Å². The van der Waals surface area contributed by atoms with Crippen LogP contribution in [-0.2, 0) is 9.59 Å². The molecular weight excluding hydrogens is 393 g/mol. The molecule has 1 aliphatic rings. The summed E-state index contributed by atoms with van der Waals surface area (Å²) in [6, 6.07) is 11.3. The summed E-state index contributed by atoms with van der Waals surface area (Å²) in [6.45, 7) is 1.74. The minimum Gasteiger partial charge on any atom is -0.326 e. The lowest BCUT2D eigenvalue weighted by Gasteiger charge is -2.25. The molecule has 2 amide bonds. The number of anilines is 2. The van der Waals surface area contributed by atoms with Gasteiger partial charge in [-0.3, -0.25) is 19.7 Å². The highest BCUT2D eigenvalue weighted by molar-refractivity contribution is 6.04. The first-order valence-electron chi connectivity index (χ1n) is 9.03. The quantitative estimate of drug-likeness (QED) is 0.506. The molecular formula is C20H16FN5O4. The highest BCUT2D eigenvalue weighted by Crippen LogP contribution is 2.34. The molecule has 0 spiro atoms. The maximum absolute atomic E-state index is 13.5. The lowest BCUT2D eigenvalue weighted by Crippen LogP contribution is -2.31. The number of nitrogens with one attached hydrogen (secondary N) is 2. The van der Waals surface area contributed by atoms with Crippen molar-refractivity contribution in [2.75, 3.05) is 10.6 Å². The van der Waals surface area contributed by atoms with Gasteiger partial charge in [0, 0.05) is 30.3 Å². The van der Waals surface area contributed by atoms with Crippen LogP contribution in [-0.4, -0.2) is 26.5 Å². The highest BCUT2D eigenvalue weighted by atomic mass is 19.1. The van der Waals surface area contributed by atoms with E-state index < -0.39 is 22.6 Å². The number of benzene rings is 2. The molecule has 30 heavy (non-hydrogen) atoms. The molecule has 0 radical (unpaired) electrons. The van der Waals surface area contributed by atoms with Gasteiger partial charge in [0.1, 0.15) is 11.6 Å². The van der Waals surface area contributed by atoms with Crippen molar-refractivity contribution < 1.29 is 18.9 Å². The fraction of sp³-hybridized carbons (Fsp3) is 0.150. The second-order valence-electron chi connectivity index (χ2n) is 6.88. The fourth-order valence-electron chi connectivity index (χ4n) is 3.39. The lowest BCUT2D eigenvalue weighted by molar-refractivity contribution is -0.384. The smallest absolute Gasteiger partial charge is 0.269 e. The van der Waals surface area contributed by atoms with E-state index >= 15 is 0 Å². The molecule has 0 saturated carbocycles. The number of non-ortho nitro benzene ring substituents is 1. The Morgan fingerprint density at radius 3 is 2.70 bits per heavy atom. The second-order valence-corrected chi connectivity index (χ2v) is 6.88. The van der Waals surface area contributed by atoms with Gasteiger partial charge in [0.15, 0.2) is 0 Å². The number of carbonyl (C=O) groups excluding carboxylic acids is 2. The van der Waals surface area contributed by atoms with Gasteiger partial charge in [-0.15, -0.1) is 0 Å². The van der Waals surface area contributed by atoms with Crippen LogP contribution in [0.1, 0.15) is 23.6 Å². The van der Waals surface area contributed by atoms with Gasteiger partial charge in [-0.1, -0.05) is 6.07 Å². The van der Waals surface area contributed by atoms with Gasteiger partial charge in [0.25, 0.3) is 5.69 Å². The largest absolute Gasteiger partial charge is 0.326 e. The van der Waals surface area contributed by atoms with Crippen LogP contribution in [0.4, 0.5) is 21.6 Å². The number of nitro groups is 1. The predicted octanol–water partition coefficient (Wildman–Crippen LogP) is 3.29. The summed E-state index contributed by atoms with van der Waals surface area (Å²) >= 11 is 0. The minimum atomic E-state index is -0.796. The van der Waals surface area contributed by atoms with E-state index in [-0.39, 0.29) is 23.7 Å². The molecule has 4 rings (SSSR count). The summed E-state index contributed by atoms with van der Waals surface area (Å²) < 4.78 is 15.0. The van der Waals surface area contributed by atoms with Gasteiger partial charge >= 0.3 is 0 Å². The molecule has 0 aliphatic carbocycles. The van der Waals surface area contributed by atoms with Crippen molar-refractivity contribution in [3.05, 3.63) is 75.7 Å². The molecule has 10 heteroatoms. The zero-order valence-electron chi connectivity index (χ0n) is 15.8. The van der Waals surface area contributed by atoms with Gasteiger partial charge in [0.05, 0.1) is 22.2 Å². The Labute approximate surface area is 169 Å². The third-order valence-corrected chi connectivity index (χ3v) is 4.76. The SMILES string of the molecule is Cc1cc(NC(=O)C2CC(=O)Nc3cc(F)ccc32)n(-c2ccc([N+](=O)[O-])cc2)n1. The summed E-state index contributed by atoms with van der Waals surface area (Å²) in [6.07, 6.45) is -0.0743. The number of nitro benzene ring substituents is 1. The van der Waals surface area contributed by atoms with Crippen LogP contribution in [0.3, 0.4) is 0 Å². The molecule has 2 heterocycles. The normalized spacial score (nSPS) is 15.3. The fourth-order valence-corrected chi connectivity index (χ4v) is 3.39. The molecule has 9 nitrogen and oxygen atoms in total. The molecule has 1 atom stereocenters. The van der Waals surface area contributed by atoms with E-state index in [0.29, 0.717) is 22.8 Å². The number of aryl methyl sites for hydroxylation is 1. The van der Waals surface area contributed by atoms with Crippen molar-refractivity contribution in [2.45, 2.75) is 19.3 Å². The van der Waals surface area contributed by atoms with Crippen LogP contribution in [0.15, 0.2) is 48.5 Å². The summed E-state index contributed by atoms with van der Waals surface area (Å²) in [5.74, 6) is -1.79. The zero-order valence-corrected chi connectivity index (χ0v) is 15.8. The lowest BCUT2D eigenvalue weighted by atomic mass is 9.89. The topological polar surface area (TPSA) is 119 Å². The summed E-state index contributed by atoms with van der Waals surface area (Å²) in [7, 11) is 0. The Bertz CT molecular complexity index is 1170. The third kappa shape index (κ3) is 3.62. The monoisotopic (exact) mass is 409 g/mol. The van der Waals surface area contributed by atoms with Crippen molar-refractivity contribution in [1.29, 1.82) is 0 Å². The number of nitrogens with zero attached hydrogens (tertiary/aromatic N) is 3. The molecule has 0 saturated heterocycles. The van der Waals surface area contributed by atoms with E-state index in [4.69, 9.17) is 0 Å². The van der Waals surface area contributed by atoms with Gasteiger partial charge < -0.3 is 10.6 Å². The first kappa shape index (κ1) is 19.2.